The Morgan fingerprint density at radius 2 is 1.72 bits per heavy atom. The van der Waals surface area contributed by atoms with E-state index in [1.807, 2.05) is 10.3 Å². The number of aromatic hydroxyl groups is 2. The minimum atomic E-state index is -0.695. The van der Waals surface area contributed by atoms with E-state index in [0.717, 1.165) is 11.3 Å². The summed E-state index contributed by atoms with van der Waals surface area (Å²) in [5, 5.41) is 22.4. The third-order valence-electron chi connectivity index (χ3n) is 5.24. The fraction of sp³-hybridized carbons (Fsp3) is 0.174. The summed E-state index contributed by atoms with van der Waals surface area (Å²) in [5.41, 5.74) is 2.93. The number of benzene rings is 2. The lowest BCUT2D eigenvalue weighted by atomic mass is 9.92. The van der Waals surface area contributed by atoms with Crippen LogP contribution in [0.4, 0.5) is 0 Å². The van der Waals surface area contributed by atoms with Crippen molar-refractivity contribution in [1.82, 2.24) is 4.90 Å². The predicted molar refractivity (Wildman–Crippen MR) is 120 cm³/mol. The molecule has 0 saturated heterocycles. The zero-order valence-corrected chi connectivity index (χ0v) is 18.3. The first-order valence-corrected chi connectivity index (χ1v) is 10.5. The van der Waals surface area contributed by atoms with E-state index in [2.05, 4.69) is 4.99 Å². The van der Waals surface area contributed by atoms with Gasteiger partial charge in [0.15, 0.2) is 5.17 Å². The van der Waals surface area contributed by atoms with Crippen LogP contribution >= 0.6 is 11.8 Å². The number of nitrogens with zero attached hydrogens (tertiary/aromatic N) is 2. The lowest BCUT2D eigenvalue weighted by molar-refractivity contribution is -0.136. The second-order valence-corrected chi connectivity index (χ2v) is 7.93. The van der Waals surface area contributed by atoms with E-state index in [-0.39, 0.29) is 17.1 Å². The molecule has 4 rings (SSSR count). The number of hydrogen-bond acceptors (Lipinski definition) is 9. The molecule has 0 amide bonds. The molecule has 0 bridgehead atoms. The topological polar surface area (TPSA) is 109 Å². The molecule has 0 spiro atoms. The van der Waals surface area contributed by atoms with Gasteiger partial charge < -0.3 is 24.6 Å². The van der Waals surface area contributed by atoms with Crippen LogP contribution in [0.1, 0.15) is 34.5 Å². The Hall–Kier alpha value is -3.72. The van der Waals surface area contributed by atoms with E-state index in [9.17, 15) is 19.8 Å². The Morgan fingerprint density at radius 3 is 2.38 bits per heavy atom. The van der Waals surface area contributed by atoms with Crippen molar-refractivity contribution in [1.29, 1.82) is 0 Å². The fourth-order valence-corrected chi connectivity index (χ4v) is 4.68. The summed E-state index contributed by atoms with van der Waals surface area (Å²) in [6.45, 7) is 1.73. The maximum absolute atomic E-state index is 12.8. The lowest BCUT2D eigenvalue weighted by Crippen LogP contribution is -2.36. The number of carbonyl (C=O) groups excluding carboxylic acids is 2. The molecule has 9 heteroatoms. The fourth-order valence-electron chi connectivity index (χ4n) is 3.71. The highest BCUT2D eigenvalue weighted by Crippen LogP contribution is 2.47. The van der Waals surface area contributed by atoms with Crippen LogP contribution in [0.25, 0.3) is 5.70 Å². The van der Waals surface area contributed by atoms with Crippen LogP contribution in [0.5, 0.6) is 11.5 Å². The zero-order valence-electron chi connectivity index (χ0n) is 17.5. The number of amidine groups is 1. The van der Waals surface area contributed by atoms with Crippen LogP contribution in [0, 0.1) is 0 Å². The standard InChI is InChI=1S/C23H20N2O6S/c1-12-19(22(29)31-3)20(14-6-9-18(27)16(10-14)21(28)30-2)25-17(11-32-23(25)24-12)13-4-7-15(26)8-5-13/h4-11,20,26-27H,1-3H3. The van der Waals surface area contributed by atoms with Gasteiger partial charge in [0.25, 0.3) is 0 Å². The highest BCUT2D eigenvalue weighted by molar-refractivity contribution is 8.16. The summed E-state index contributed by atoms with van der Waals surface area (Å²) in [6, 6.07) is 10.5. The molecule has 1 atom stereocenters. The van der Waals surface area contributed by atoms with Gasteiger partial charge in [-0.1, -0.05) is 17.8 Å². The van der Waals surface area contributed by atoms with Gasteiger partial charge in [-0.05, 0) is 54.4 Å². The first kappa shape index (κ1) is 21.5. The quantitative estimate of drug-likeness (QED) is 0.675. The first-order chi connectivity index (χ1) is 15.3. The number of rotatable bonds is 4. The maximum atomic E-state index is 12.8. The second-order valence-electron chi connectivity index (χ2n) is 7.09. The van der Waals surface area contributed by atoms with Crippen LogP contribution in [0.15, 0.2) is 64.1 Å². The highest BCUT2D eigenvalue weighted by Gasteiger charge is 2.41. The van der Waals surface area contributed by atoms with Crippen molar-refractivity contribution in [3.05, 3.63) is 75.8 Å². The third-order valence-corrected chi connectivity index (χ3v) is 6.08. The number of esters is 2. The van der Waals surface area contributed by atoms with Gasteiger partial charge in [-0.2, -0.15) is 0 Å². The minimum absolute atomic E-state index is 0.0158. The summed E-state index contributed by atoms with van der Waals surface area (Å²) in [6.07, 6.45) is 0. The molecule has 0 saturated carbocycles. The molecule has 0 aliphatic carbocycles. The van der Waals surface area contributed by atoms with Crippen molar-refractivity contribution >= 4 is 34.6 Å². The van der Waals surface area contributed by atoms with Crippen molar-refractivity contribution in [3.63, 3.8) is 0 Å². The first-order valence-electron chi connectivity index (χ1n) is 9.60. The van der Waals surface area contributed by atoms with Crippen molar-refractivity contribution in [2.24, 2.45) is 4.99 Å². The second kappa shape index (κ2) is 8.43. The van der Waals surface area contributed by atoms with Crippen LogP contribution < -0.4 is 0 Å². The summed E-state index contributed by atoms with van der Waals surface area (Å²) < 4.78 is 9.83. The number of phenolic OH excluding ortho intramolecular Hbond substituents is 2. The molecule has 2 aliphatic rings. The van der Waals surface area contributed by atoms with Gasteiger partial charge in [0.2, 0.25) is 0 Å². The van der Waals surface area contributed by atoms with Crippen molar-refractivity contribution in [3.8, 4) is 11.5 Å². The normalized spacial score (nSPS) is 17.5. The predicted octanol–water partition coefficient (Wildman–Crippen LogP) is 3.79. The maximum Gasteiger partial charge on any atom is 0.341 e. The Labute approximate surface area is 188 Å². The average Bonchev–Trinajstić information content (AvgIpc) is 3.21. The molecular weight excluding hydrogens is 432 g/mol. The minimum Gasteiger partial charge on any atom is -0.508 e. The molecule has 1 unspecified atom stereocenters. The van der Waals surface area contributed by atoms with E-state index in [0.29, 0.717) is 22.0 Å². The van der Waals surface area contributed by atoms with E-state index in [1.54, 1.807) is 37.3 Å². The molecule has 8 nitrogen and oxygen atoms in total. The molecule has 2 N–H and O–H groups in total. The molecule has 2 aromatic rings. The van der Waals surface area contributed by atoms with E-state index >= 15 is 0 Å². The van der Waals surface area contributed by atoms with Crippen LogP contribution in [0.2, 0.25) is 0 Å². The van der Waals surface area contributed by atoms with Gasteiger partial charge in [0.05, 0.1) is 37.2 Å². The molecular formula is C23H20N2O6S. The van der Waals surface area contributed by atoms with Crippen LogP contribution in [-0.4, -0.2) is 46.4 Å². The number of fused-ring (bicyclic) bond motifs is 1. The highest BCUT2D eigenvalue weighted by atomic mass is 32.2. The summed E-state index contributed by atoms with van der Waals surface area (Å²) in [7, 11) is 2.53. The van der Waals surface area contributed by atoms with Gasteiger partial charge >= 0.3 is 11.9 Å². The van der Waals surface area contributed by atoms with Crippen molar-refractivity contribution < 1.29 is 29.3 Å². The Bertz CT molecular complexity index is 1200. The van der Waals surface area contributed by atoms with Gasteiger partial charge in [-0.15, -0.1) is 0 Å². The number of methoxy groups -OCH3 is 2. The van der Waals surface area contributed by atoms with Gasteiger partial charge in [-0.25, -0.2) is 14.6 Å². The number of allylic oxidation sites excluding steroid dienone is 1. The van der Waals surface area contributed by atoms with Crippen molar-refractivity contribution in [2.75, 3.05) is 14.2 Å². The molecule has 0 fully saturated rings. The zero-order chi connectivity index (χ0) is 23.0. The summed E-state index contributed by atoms with van der Waals surface area (Å²) in [4.78, 5) is 31.5. The van der Waals surface area contributed by atoms with E-state index < -0.39 is 18.0 Å². The molecule has 2 heterocycles. The Morgan fingerprint density at radius 1 is 1.03 bits per heavy atom. The van der Waals surface area contributed by atoms with Crippen LogP contribution in [-0.2, 0) is 14.3 Å². The molecule has 0 aromatic heterocycles. The molecule has 2 aliphatic heterocycles. The lowest BCUT2D eigenvalue weighted by Gasteiger charge is -2.36. The monoisotopic (exact) mass is 452 g/mol. The number of aliphatic imine (C=N–C) groups is 1. The largest absolute Gasteiger partial charge is 0.508 e. The number of phenols is 2. The van der Waals surface area contributed by atoms with E-state index in [4.69, 9.17) is 9.47 Å². The number of hydrogen-bond donors (Lipinski definition) is 2. The van der Waals surface area contributed by atoms with Gasteiger partial charge in [0, 0.05) is 5.41 Å². The Kier molecular flexibility index (Phi) is 5.67. The molecule has 0 radical (unpaired) electrons. The SMILES string of the molecule is COC(=O)C1=C(C)N=C2SC=C(c3ccc(O)cc3)N2C1c1ccc(O)c(C(=O)OC)c1. The van der Waals surface area contributed by atoms with Gasteiger partial charge in [-0.3, -0.25) is 0 Å². The number of thioether (sulfide) groups is 1. The number of ether oxygens (including phenoxy) is 2. The Balaban J connectivity index is 1.90. The summed E-state index contributed by atoms with van der Waals surface area (Å²) >= 11 is 1.40. The van der Waals surface area contributed by atoms with Crippen molar-refractivity contribution in [2.45, 2.75) is 13.0 Å². The molecule has 164 valence electrons. The molecule has 2 aromatic carbocycles. The summed E-state index contributed by atoms with van der Waals surface area (Å²) in [5.74, 6) is -1.34. The van der Waals surface area contributed by atoms with Gasteiger partial charge in [0.1, 0.15) is 17.1 Å². The third kappa shape index (κ3) is 3.60. The number of carbonyl (C=O) groups is 2. The van der Waals surface area contributed by atoms with E-state index in [1.165, 1.54) is 38.1 Å². The van der Waals surface area contributed by atoms with Crippen LogP contribution in [0.3, 0.4) is 0 Å². The smallest absolute Gasteiger partial charge is 0.341 e. The molecule has 32 heavy (non-hydrogen) atoms. The average molecular weight is 452 g/mol.